The second kappa shape index (κ2) is 4.87. The van der Waals surface area contributed by atoms with Crippen LogP contribution in [0.2, 0.25) is 0 Å². The number of carbonyl (C=O) groups excluding carboxylic acids is 1. The molecule has 1 saturated carbocycles. The first-order valence-electron chi connectivity index (χ1n) is 5.93. The second-order valence-corrected chi connectivity index (χ2v) is 7.21. The molecule has 1 fully saturated rings. The number of rotatable bonds is 4. The van der Waals surface area contributed by atoms with Gasteiger partial charge in [-0.1, -0.05) is 6.92 Å². The third-order valence-corrected chi connectivity index (χ3v) is 4.64. The highest BCUT2D eigenvalue weighted by Crippen LogP contribution is 2.49. The maximum Gasteiger partial charge on any atom is 0.411 e. The monoisotopic (exact) mass is 345 g/mol. The van der Waals surface area contributed by atoms with Crippen molar-refractivity contribution in [2.24, 2.45) is 0 Å². The number of aromatic nitrogens is 2. The van der Waals surface area contributed by atoms with E-state index in [1.54, 1.807) is 12.2 Å². The first kappa shape index (κ1) is 16.1. The summed E-state index contributed by atoms with van der Waals surface area (Å²) in [5, 5.41) is 7.58. The highest BCUT2D eigenvalue weighted by molar-refractivity contribution is 8.13. The Morgan fingerprint density at radius 2 is 2.05 bits per heavy atom. The lowest BCUT2D eigenvalue weighted by atomic mass is 10.2. The van der Waals surface area contributed by atoms with Gasteiger partial charge in [0.05, 0.1) is 5.69 Å². The van der Waals surface area contributed by atoms with Crippen LogP contribution in [0.25, 0.3) is 0 Å². The molecule has 0 radical (unpaired) electrons. The average molecular weight is 346 g/mol. The number of halogens is 4. The quantitative estimate of drug-likeness (QED) is 0.813. The minimum atomic E-state index is -4.60. The second-order valence-electron chi connectivity index (χ2n) is 4.71. The summed E-state index contributed by atoms with van der Waals surface area (Å²) in [5.74, 6) is -1.22. The SMILES string of the molecule is CCc1[nH]nc(C(=O)NC2(C(F)(F)F)CC2)c1S(=O)(=O)Cl. The Hall–Kier alpha value is -1.29. The molecule has 1 aliphatic rings. The molecule has 0 bridgehead atoms. The summed E-state index contributed by atoms with van der Waals surface area (Å²) in [4.78, 5) is 11.3. The lowest BCUT2D eigenvalue weighted by Crippen LogP contribution is -2.48. The average Bonchev–Trinajstić information content (AvgIpc) is 2.98. The summed E-state index contributed by atoms with van der Waals surface area (Å²) in [5.41, 5.74) is -2.90. The number of aryl methyl sites for hydroxylation is 1. The van der Waals surface area contributed by atoms with Crippen molar-refractivity contribution in [1.82, 2.24) is 15.5 Å². The molecule has 11 heteroatoms. The molecule has 0 saturated heterocycles. The van der Waals surface area contributed by atoms with Crippen LogP contribution in [0.5, 0.6) is 0 Å². The van der Waals surface area contributed by atoms with Gasteiger partial charge in [-0.15, -0.1) is 0 Å². The highest BCUT2D eigenvalue weighted by Gasteiger charge is 2.64. The molecule has 2 N–H and O–H groups in total. The lowest BCUT2D eigenvalue weighted by Gasteiger charge is -2.20. The Kier molecular flexibility index (Phi) is 3.73. The van der Waals surface area contributed by atoms with E-state index in [1.807, 2.05) is 0 Å². The topological polar surface area (TPSA) is 91.9 Å². The van der Waals surface area contributed by atoms with Gasteiger partial charge in [0, 0.05) is 10.7 Å². The third-order valence-electron chi connectivity index (χ3n) is 3.25. The van der Waals surface area contributed by atoms with Crippen molar-refractivity contribution in [1.29, 1.82) is 0 Å². The molecule has 1 heterocycles. The van der Waals surface area contributed by atoms with E-state index in [2.05, 4.69) is 10.2 Å². The zero-order chi connectivity index (χ0) is 16.1. The summed E-state index contributed by atoms with van der Waals surface area (Å²) in [6.07, 6.45) is -4.94. The number of nitrogens with zero attached hydrogens (tertiary/aromatic N) is 1. The fourth-order valence-electron chi connectivity index (χ4n) is 1.90. The molecular formula is C10H11ClF3N3O3S. The minimum Gasteiger partial charge on any atom is -0.336 e. The molecule has 1 amide bonds. The molecule has 0 aliphatic heterocycles. The van der Waals surface area contributed by atoms with Crippen molar-refractivity contribution < 1.29 is 26.4 Å². The first-order valence-corrected chi connectivity index (χ1v) is 8.24. The fourth-order valence-corrected chi connectivity index (χ4v) is 3.26. The van der Waals surface area contributed by atoms with Gasteiger partial charge in [-0.05, 0) is 19.3 Å². The number of H-pyrrole nitrogens is 1. The third kappa shape index (κ3) is 2.86. The molecule has 1 aromatic rings. The van der Waals surface area contributed by atoms with Gasteiger partial charge >= 0.3 is 6.18 Å². The van der Waals surface area contributed by atoms with Crippen LogP contribution < -0.4 is 5.32 Å². The molecule has 6 nitrogen and oxygen atoms in total. The maximum atomic E-state index is 12.8. The minimum absolute atomic E-state index is 0.0620. The Labute approximate surface area is 122 Å². The van der Waals surface area contributed by atoms with E-state index in [-0.39, 0.29) is 25.0 Å². The summed E-state index contributed by atoms with van der Waals surface area (Å²) in [7, 11) is 0.908. The summed E-state index contributed by atoms with van der Waals surface area (Å²) in [6, 6.07) is 0. The van der Waals surface area contributed by atoms with E-state index in [0.29, 0.717) is 0 Å². The van der Waals surface area contributed by atoms with Gasteiger partial charge in [-0.25, -0.2) is 8.42 Å². The van der Waals surface area contributed by atoms with Crippen molar-refractivity contribution >= 4 is 25.6 Å². The van der Waals surface area contributed by atoms with E-state index in [4.69, 9.17) is 10.7 Å². The predicted molar refractivity (Wildman–Crippen MR) is 66.5 cm³/mol. The molecular weight excluding hydrogens is 335 g/mol. The van der Waals surface area contributed by atoms with Crippen molar-refractivity contribution in [2.75, 3.05) is 0 Å². The molecule has 2 rings (SSSR count). The van der Waals surface area contributed by atoms with Gasteiger partial charge < -0.3 is 5.32 Å². The Morgan fingerprint density at radius 1 is 1.48 bits per heavy atom. The fraction of sp³-hybridized carbons (Fsp3) is 0.600. The van der Waals surface area contributed by atoms with Gasteiger partial charge in [0.2, 0.25) is 0 Å². The van der Waals surface area contributed by atoms with E-state index in [9.17, 15) is 26.4 Å². The van der Waals surface area contributed by atoms with Gasteiger partial charge in [-0.2, -0.15) is 18.3 Å². The summed E-state index contributed by atoms with van der Waals surface area (Å²) < 4.78 is 61.3. The van der Waals surface area contributed by atoms with Crippen LogP contribution in [-0.2, 0) is 15.5 Å². The van der Waals surface area contributed by atoms with E-state index in [1.165, 1.54) is 0 Å². The van der Waals surface area contributed by atoms with Gasteiger partial charge in [0.1, 0.15) is 10.4 Å². The van der Waals surface area contributed by atoms with Gasteiger partial charge in [0.25, 0.3) is 15.0 Å². The normalized spacial score (nSPS) is 17.6. The van der Waals surface area contributed by atoms with Crippen LogP contribution in [0, 0.1) is 0 Å². The van der Waals surface area contributed by atoms with Crippen LogP contribution in [0.4, 0.5) is 13.2 Å². The van der Waals surface area contributed by atoms with Crippen molar-refractivity contribution in [3.63, 3.8) is 0 Å². The number of aromatic amines is 1. The number of alkyl halides is 3. The zero-order valence-electron chi connectivity index (χ0n) is 10.7. The van der Waals surface area contributed by atoms with Crippen molar-refractivity contribution in [3.8, 4) is 0 Å². The van der Waals surface area contributed by atoms with E-state index >= 15 is 0 Å². The number of hydrogen-bond donors (Lipinski definition) is 2. The van der Waals surface area contributed by atoms with Crippen LogP contribution >= 0.6 is 10.7 Å². The molecule has 118 valence electrons. The van der Waals surface area contributed by atoms with Crippen molar-refractivity contribution in [2.45, 2.75) is 42.8 Å². The number of amides is 1. The lowest BCUT2D eigenvalue weighted by molar-refractivity contribution is -0.163. The van der Waals surface area contributed by atoms with Gasteiger partial charge in [-0.3, -0.25) is 9.89 Å². The van der Waals surface area contributed by atoms with Crippen LogP contribution in [0.3, 0.4) is 0 Å². The zero-order valence-corrected chi connectivity index (χ0v) is 12.3. The molecule has 21 heavy (non-hydrogen) atoms. The van der Waals surface area contributed by atoms with Crippen LogP contribution in [0.1, 0.15) is 35.9 Å². The Balaban J connectivity index is 2.36. The molecule has 0 aromatic carbocycles. The predicted octanol–water partition coefficient (Wildman–Crippen LogP) is 1.72. The van der Waals surface area contributed by atoms with Crippen LogP contribution in [0.15, 0.2) is 4.90 Å². The largest absolute Gasteiger partial charge is 0.411 e. The summed E-state index contributed by atoms with van der Waals surface area (Å²) >= 11 is 0. The van der Waals surface area contributed by atoms with Crippen LogP contribution in [-0.4, -0.2) is 36.2 Å². The Morgan fingerprint density at radius 3 is 2.43 bits per heavy atom. The smallest absolute Gasteiger partial charge is 0.336 e. The Bertz CT molecular complexity index is 679. The molecule has 0 atom stereocenters. The molecule has 1 aliphatic carbocycles. The number of nitrogens with one attached hydrogen (secondary N) is 2. The van der Waals surface area contributed by atoms with Crippen molar-refractivity contribution in [3.05, 3.63) is 11.4 Å². The molecule has 0 spiro atoms. The standard InChI is InChI=1S/C10H11ClF3N3O3S/c1-2-5-7(21(11,19)20)6(17-16-5)8(18)15-9(3-4-9)10(12,13)14/h2-4H2,1H3,(H,15,18)(H,16,17). The maximum absolute atomic E-state index is 12.8. The first-order chi connectivity index (χ1) is 9.52. The van der Waals surface area contributed by atoms with E-state index in [0.717, 1.165) is 0 Å². The molecule has 0 unspecified atom stereocenters. The molecule has 1 aromatic heterocycles. The number of carbonyl (C=O) groups is 1. The number of hydrogen-bond acceptors (Lipinski definition) is 4. The highest BCUT2D eigenvalue weighted by atomic mass is 35.7. The van der Waals surface area contributed by atoms with Gasteiger partial charge in [0.15, 0.2) is 5.69 Å². The summed E-state index contributed by atoms with van der Waals surface area (Å²) in [6.45, 7) is 1.58. The van der Waals surface area contributed by atoms with E-state index < -0.39 is 37.3 Å².